The minimum Gasteiger partial charge on any atom is -0.507 e. The Labute approximate surface area is 151 Å². The quantitative estimate of drug-likeness (QED) is 0.694. The lowest BCUT2D eigenvalue weighted by Gasteiger charge is -2.20. The largest absolute Gasteiger partial charge is 0.507 e. The van der Waals surface area contributed by atoms with Crippen LogP contribution in [0, 0.1) is 11.3 Å². The van der Waals surface area contributed by atoms with E-state index in [1.165, 1.54) is 12.1 Å². The second-order valence-corrected chi connectivity index (χ2v) is 6.92. The molecular formula is C21H18N2O3. The Morgan fingerprint density at radius 2 is 1.88 bits per heavy atom. The van der Waals surface area contributed by atoms with E-state index in [4.69, 9.17) is 4.74 Å². The van der Waals surface area contributed by atoms with Crippen LogP contribution in [0.15, 0.2) is 48.5 Å². The molecule has 130 valence electrons. The number of benzene rings is 2. The van der Waals surface area contributed by atoms with Crippen LogP contribution in [-0.2, 0) is 4.74 Å². The SMILES string of the molecule is CC(C)(C)OC(=O)c1ccc(-c2cc(C#N)nc3ccccc23)cc1O. The summed E-state index contributed by atoms with van der Waals surface area (Å²) in [5.74, 6) is -0.755. The molecular weight excluding hydrogens is 328 g/mol. The van der Waals surface area contributed by atoms with Crippen molar-refractivity contribution in [1.82, 2.24) is 4.98 Å². The van der Waals surface area contributed by atoms with Crippen molar-refractivity contribution in [3.05, 3.63) is 59.8 Å². The zero-order valence-corrected chi connectivity index (χ0v) is 14.8. The van der Waals surface area contributed by atoms with Crippen LogP contribution in [-0.4, -0.2) is 21.7 Å². The number of esters is 1. The van der Waals surface area contributed by atoms with Gasteiger partial charge in [-0.3, -0.25) is 0 Å². The van der Waals surface area contributed by atoms with E-state index < -0.39 is 11.6 Å². The fourth-order valence-corrected chi connectivity index (χ4v) is 2.68. The number of rotatable bonds is 2. The molecule has 3 rings (SSSR count). The number of carbonyl (C=O) groups is 1. The van der Waals surface area contributed by atoms with Crippen molar-refractivity contribution in [3.8, 4) is 22.9 Å². The van der Waals surface area contributed by atoms with Gasteiger partial charge in [-0.25, -0.2) is 9.78 Å². The Balaban J connectivity index is 2.09. The number of ether oxygens (including phenoxy) is 1. The maximum Gasteiger partial charge on any atom is 0.342 e. The molecule has 0 radical (unpaired) electrons. The molecule has 0 saturated heterocycles. The Kier molecular flexibility index (Phi) is 4.35. The molecule has 2 aromatic carbocycles. The van der Waals surface area contributed by atoms with Gasteiger partial charge in [0.2, 0.25) is 0 Å². The summed E-state index contributed by atoms with van der Waals surface area (Å²) >= 11 is 0. The molecule has 1 N–H and O–H groups in total. The molecule has 3 aromatic rings. The number of aromatic hydroxyl groups is 1. The summed E-state index contributed by atoms with van der Waals surface area (Å²) in [6.07, 6.45) is 0. The van der Waals surface area contributed by atoms with E-state index in [1.54, 1.807) is 32.9 Å². The van der Waals surface area contributed by atoms with E-state index in [0.717, 1.165) is 10.9 Å². The molecule has 0 amide bonds. The minimum absolute atomic E-state index is 0.0996. The van der Waals surface area contributed by atoms with Crippen molar-refractivity contribution in [2.45, 2.75) is 26.4 Å². The van der Waals surface area contributed by atoms with Gasteiger partial charge in [-0.1, -0.05) is 24.3 Å². The van der Waals surface area contributed by atoms with Crippen LogP contribution >= 0.6 is 0 Å². The van der Waals surface area contributed by atoms with Crippen LogP contribution in [0.5, 0.6) is 5.75 Å². The van der Waals surface area contributed by atoms with Crippen molar-refractivity contribution in [3.63, 3.8) is 0 Å². The molecule has 0 aliphatic rings. The molecule has 1 aromatic heterocycles. The van der Waals surface area contributed by atoms with Crippen molar-refractivity contribution < 1.29 is 14.6 Å². The predicted octanol–water partition coefficient (Wildman–Crippen LogP) is 4.43. The molecule has 0 aliphatic carbocycles. The molecule has 0 aliphatic heterocycles. The number of phenols is 1. The first kappa shape index (κ1) is 17.4. The van der Waals surface area contributed by atoms with Gasteiger partial charge >= 0.3 is 5.97 Å². The highest BCUT2D eigenvalue weighted by Gasteiger charge is 2.21. The number of hydrogen-bond donors (Lipinski definition) is 1. The smallest absolute Gasteiger partial charge is 0.342 e. The third-order valence-electron chi connectivity index (χ3n) is 3.76. The standard InChI is InChI=1S/C21H18N2O3/c1-21(2,3)26-20(25)16-9-8-13(10-19(16)24)17-11-14(12-22)23-18-7-5-4-6-15(17)18/h4-11,24H,1-3H3. The van der Waals surface area contributed by atoms with E-state index in [-0.39, 0.29) is 17.0 Å². The lowest BCUT2D eigenvalue weighted by molar-refractivity contribution is 0.00668. The summed E-state index contributed by atoms with van der Waals surface area (Å²) in [6, 6.07) is 15.9. The van der Waals surface area contributed by atoms with Gasteiger partial charge in [0, 0.05) is 5.39 Å². The van der Waals surface area contributed by atoms with Gasteiger partial charge in [-0.2, -0.15) is 5.26 Å². The first-order valence-electron chi connectivity index (χ1n) is 8.15. The van der Waals surface area contributed by atoms with E-state index >= 15 is 0 Å². The van der Waals surface area contributed by atoms with Crippen molar-refractivity contribution in [1.29, 1.82) is 5.26 Å². The number of nitriles is 1. The average molecular weight is 346 g/mol. The van der Waals surface area contributed by atoms with Gasteiger partial charge in [-0.15, -0.1) is 0 Å². The molecule has 0 saturated carbocycles. The second-order valence-electron chi connectivity index (χ2n) is 6.92. The number of phenolic OH excluding ortho intramolecular Hbond substituents is 1. The third kappa shape index (κ3) is 3.50. The highest BCUT2D eigenvalue weighted by atomic mass is 16.6. The maximum absolute atomic E-state index is 12.2. The number of hydrogen-bond acceptors (Lipinski definition) is 5. The molecule has 0 atom stereocenters. The fraction of sp³-hybridized carbons (Fsp3) is 0.190. The van der Waals surface area contributed by atoms with Gasteiger partial charge in [0.25, 0.3) is 0 Å². The minimum atomic E-state index is -0.648. The molecule has 1 heterocycles. The number of carbonyl (C=O) groups excluding carboxylic acids is 1. The molecule has 5 nitrogen and oxygen atoms in total. The lowest BCUT2D eigenvalue weighted by atomic mass is 9.98. The number of para-hydroxylation sites is 1. The summed E-state index contributed by atoms with van der Waals surface area (Å²) in [4.78, 5) is 16.5. The Bertz CT molecular complexity index is 1040. The highest BCUT2D eigenvalue weighted by Crippen LogP contribution is 2.32. The number of nitrogens with zero attached hydrogens (tertiary/aromatic N) is 2. The van der Waals surface area contributed by atoms with Crippen LogP contribution in [0.2, 0.25) is 0 Å². The predicted molar refractivity (Wildman–Crippen MR) is 98.7 cm³/mol. The Hall–Kier alpha value is -3.39. The topological polar surface area (TPSA) is 83.2 Å². The van der Waals surface area contributed by atoms with Crippen molar-refractivity contribution >= 4 is 16.9 Å². The van der Waals surface area contributed by atoms with Crippen LogP contribution < -0.4 is 0 Å². The third-order valence-corrected chi connectivity index (χ3v) is 3.76. The maximum atomic E-state index is 12.2. The van der Waals surface area contributed by atoms with E-state index in [1.807, 2.05) is 24.3 Å². The number of aromatic nitrogens is 1. The fourth-order valence-electron chi connectivity index (χ4n) is 2.68. The van der Waals surface area contributed by atoms with Crippen LogP contribution in [0.1, 0.15) is 36.8 Å². The molecule has 0 fully saturated rings. The van der Waals surface area contributed by atoms with E-state index in [9.17, 15) is 15.2 Å². The Morgan fingerprint density at radius 3 is 2.54 bits per heavy atom. The zero-order valence-electron chi connectivity index (χ0n) is 14.8. The van der Waals surface area contributed by atoms with Crippen LogP contribution in [0.25, 0.3) is 22.0 Å². The van der Waals surface area contributed by atoms with Gasteiger partial charge in [0.15, 0.2) is 0 Å². The normalized spacial score (nSPS) is 11.2. The van der Waals surface area contributed by atoms with Crippen molar-refractivity contribution in [2.24, 2.45) is 0 Å². The highest BCUT2D eigenvalue weighted by molar-refractivity contribution is 5.97. The summed E-state index contributed by atoms with van der Waals surface area (Å²) in [7, 11) is 0. The average Bonchev–Trinajstić information content (AvgIpc) is 2.59. The molecule has 26 heavy (non-hydrogen) atoms. The zero-order chi connectivity index (χ0) is 18.9. The summed E-state index contributed by atoms with van der Waals surface area (Å²) in [6.45, 7) is 5.30. The van der Waals surface area contributed by atoms with E-state index in [0.29, 0.717) is 11.1 Å². The first-order chi connectivity index (χ1) is 12.3. The molecule has 5 heteroatoms. The summed E-state index contributed by atoms with van der Waals surface area (Å²) in [5.41, 5.74) is 1.88. The van der Waals surface area contributed by atoms with Gasteiger partial charge in [0.05, 0.1) is 5.52 Å². The summed E-state index contributed by atoms with van der Waals surface area (Å²) in [5, 5.41) is 20.4. The van der Waals surface area contributed by atoms with Crippen LogP contribution in [0.4, 0.5) is 0 Å². The van der Waals surface area contributed by atoms with Gasteiger partial charge in [0.1, 0.15) is 28.7 Å². The van der Waals surface area contributed by atoms with Crippen molar-refractivity contribution in [2.75, 3.05) is 0 Å². The van der Waals surface area contributed by atoms with E-state index in [2.05, 4.69) is 11.1 Å². The Morgan fingerprint density at radius 1 is 1.15 bits per heavy atom. The lowest BCUT2D eigenvalue weighted by Crippen LogP contribution is -2.23. The molecule has 0 bridgehead atoms. The monoisotopic (exact) mass is 346 g/mol. The molecule has 0 unspecified atom stereocenters. The number of fused-ring (bicyclic) bond motifs is 1. The molecule has 0 spiro atoms. The van der Waals surface area contributed by atoms with Crippen LogP contribution in [0.3, 0.4) is 0 Å². The van der Waals surface area contributed by atoms with Gasteiger partial charge < -0.3 is 9.84 Å². The first-order valence-corrected chi connectivity index (χ1v) is 8.15. The van der Waals surface area contributed by atoms with Gasteiger partial charge in [-0.05, 0) is 56.2 Å². The number of pyridine rings is 1. The second kappa shape index (κ2) is 6.49. The summed E-state index contributed by atoms with van der Waals surface area (Å²) < 4.78 is 5.30.